The predicted molar refractivity (Wildman–Crippen MR) is 137 cm³/mol. The summed E-state index contributed by atoms with van der Waals surface area (Å²) in [5.74, 6) is -2.19. The molecule has 0 saturated carbocycles. The number of nitrogens with zero attached hydrogens (tertiary/aromatic N) is 2. The highest BCUT2D eigenvalue weighted by Gasteiger charge is 2.48. The van der Waals surface area contributed by atoms with Crippen molar-refractivity contribution in [2.45, 2.75) is 26.8 Å². The Morgan fingerprint density at radius 1 is 1.14 bits per heavy atom. The summed E-state index contributed by atoms with van der Waals surface area (Å²) in [7, 11) is 0. The van der Waals surface area contributed by atoms with E-state index in [-0.39, 0.29) is 27.9 Å². The molecule has 1 saturated heterocycles. The highest BCUT2D eigenvalue weighted by molar-refractivity contribution is 7.17. The molecule has 2 heterocycles. The van der Waals surface area contributed by atoms with E-state index in [9.17, 15) is 19.5 Å². The number of hydrogen-bond acceptors (Lipinski definition) is 8. The number of aryl methyl sites for hydroxylation is 1. The molecule has 1 amide bonds. The Labute approximate surface area is 216 Å². The lowest BCUT2D eigenvalue weighted by Crippen LogP contribution is -2.29. The maximum absolute atomic E-state index is 13.3. The van der Waals surface area contributed by atoms with Gasteiger partial charge < -0.3 is 14.6 Å². The number of rotatable bonds is 7. The summed E-state index contributed by atoms with van der Waals surface area (Å²) in [5.41, 5.74) is 1.05. The van der Waals surface area contributed by atoms with Gasteiger partial charge in [0.2, 0.25) is 0 Å². The number of aromatic nitrogens is 1. The number of ether oxygens (including phenoxy) is 2. The molecule has 0 aliphatic carbocycles. The number of aliphatic hydroxyl groups excluding tert-OH is 1. The van der Waals surface area contributed by atoms with Crippen LogP contribution in [0, 0.1) is 6.92 Å². The Kier molecular flexibility index (Phi) is 7.42. The van der Waals surface area contributed by atoms with E-state index in [4.69, 9.17) is 21.1 Å². The lowest BCUT2D eigenvalue weighted by Gasteiger charge is -2.23. The normalized spacial score (nSPS) is 16.9. The second-order valence-electron chi connectivity index (χ2n) is 7.82. The minimum atomic E-state index is -1.03. The van der Waals surface area contributed by atoms with Crippen LogP contribution in [0.3, 0.4) is 0 Å². The zero-order valence-corrected chi connectivity index (χ0v) is 21.4. The highest BCUT2D eigenvalue weighted by Crippen LogP contribution is 2.44. The number of halogens is 1. The van der Waals surface area contributed by atoms with E-state index >= 15 is 0 Å². The maximum Gasteiger partial charge on any atom is 0.350 e. The summed E-state index contributed by atoms with van der Waals surface area (Å²) in [6.45, 7) is 5.74. The Bertz CT molecular complexity index is 1380. The monoisotopic (exact) mass is 526 g/mol. The molecule has 8 nitrogen and oxygen atoms in total. The summed E-state index contributed by atoms with van der Waals surface area (Å²) < 4.78 is 10.6. The average Bonchev–Trinajstić information content (AvgIpc) is 3.36. The van der Waals surface area contributed by atoms with Crippen LogP contribution < -0.4 is 9.64 Å². The summed E-state index contributed by atoms with van der Waals surface area (Å²) in [4.78, 5) is 44.8. The topological polar surface area (TPSA) is 106 Å². The number of carbonyl (C=O) groups excluding carboxylic acids is 3. The number of thiazole rings is 1. The quantitative estimate of drug-likeness (QED) is 0.192. The SMILES string of the molecule is CCOC(=O)c1sc(N2C(=O)C(=O)/C(=C(/O)c3cccc(OCC)c3)C2c2cccc(Cl)c2)nc1C. The summed E-state index contributed by atoms with van der Waals surface area (Å²) in [6, 6.07) is 12.2. The molecule has 0 radical (unpaired) electrons. The molecule has 1 aromatic heterocycles. The fourth-order valence-corrected chi connectivity index (χ4v) is 5.13. The number of esters is 1. The van der Waals surface area contributed by atoms with Crippen molar-refractivity contribution in [3.05, 3.63) is 80.8 Å². The van der Waals surface area contributed by atoms with Gasteiger partial charge in [0.25, 0.3) is 5.78 Å². The molecule has 1 aliphatic heterocycles. The fraction of sp³-hybridized carbons (Fsp3) is 0.231. The molecule has 1 unspecified atom stereocenters. The molecule has 4 rings (SSSR count). The standard InChI is InChI=1S/C26H23ClN2O6S/c1-4-34-18-11-7-9-16(13-18)21(30)19-20(15-8-6-10-17(27)12-15)29(24(32)22(19)31)26-28-14(3)23(36-26)25(33)35-5-2/h6-13,20,30H,4-5H2,1-3H3/b21-19+. The van der Waals surface area contributed by atoms with Crippen LogP contribution in [0.4, 0.5) is 5.13 Å². The Hall–Kier alpha value is -3.69. The van der Waals surface area contributed by atoms with Crippen LogP contribution in [0.2, 0.25) is 5.02 Å². The fourth-order valence-electron chi connectivity index (χ4n) is 3.95. The number of aliphatic hydroxyl groups is 1. The van der Waals surface area contributed by atoms with Crippen LogP contribution in [0.5, 0.6) is 5.75 Å². The van der Waals surface area contributed by atoms with E-state index in [0.717, 1.165) is 11.3 Å². The van der Waals surface area contributed by atoms with E-state index in [1.807, 2.05) is 6.92 Å². The van der Waals surface area contributed by atoms with Gasteiger partial charge in [0, 0.05) is 10.6 Å². The first-order valence-corrected chi connectivity index (χ1v) is 12.4. The number of amides is 1. The third-order valence-electron chi connectivity index (χ3n) is 5.48. The van der Waals surface area contributed by atoms with Crippen molar-refractivity contribution in [1.29, 1.82) is 0 Å². The van der Waals surface area contributed by atoms with Crippen molar-refractivity contribution in [1.82, 2.24) is 4.98 Å². The Balaban J connectivity index is 1.91. The molecular weight excluding hydrogens is 504 g/mol. The van der Waals surface area contributed by atoms with Crippen LogP contribution in [-0.4, -0.2) is 41.0 Å². The predicted octanol–water partition coefficient (Wildman–Crippen LogP) is 5.31. The molecule has 0 spiro atoms. The van der Waals surface area contributed by atoms with Gasteiger partial charge in [0.1, 0.15) is 16.4 Å². The van der Waals surface area contributed by atoms with Crippen LogP contribution >= 0.6 is 22.9 Å². The zero-order chi connectivity index (χ0) is 26.0. The molecule has 1 atom stereocenters. The third kappa shape index (κ3) is 4.72. The first-order valence-electron chi connectivity index (χ1n) is 11.2. The van der Waals surface area contributed by atoms with Gasteiger partial charge in [-0.1, -0.05) is 47.2 Å². The minimum Gasteiger partial charge on any atom is -0.507 e. The van der Waals surface area contributed by atoms with Crippen molar-refractivity contribution in [2.24, 2.45) is 0 Å². The second kappa shape index (κ2) is 10.5. The molecule has 36 heavy (non-hydrogen) atoms. The molecule has 1 N–H and O–H groups in total. The van der Waals surface area contributed by atoms with Crippen molar-refractivity contribution in [3.8, 4) is 5.75 Å². The first-order chi connectivity index (χ1) is 17.3. The minimum absolute atomic E-state index is 0.124. The smallest absolute Gasteiger partial charge is 0.350 e. The second-order valence-corrected chi connectivity index (χ2v) is 9.23. The van der Waals surface area contributed by atoms with E-state index in [2.05, 4.69) is 4.98 Å². The third-order valence-corrected chi connectivity index (χ3v) is 6.85. The van der Waals surface area contributed by atoms with Gasteiger partial charge in [0.05, 0.1) is 30.5 Å². The lowest BCUT2D eigenvalue weighted by atomic mass is 9.95. The molecular formula is C26H23ClN2O6S. The van der Waals surface area contributed by atoms with Gasteiger partial charge in [-0.3, -0.25) is 14.5 Å². The van der Waals surface area contributed by atoms with Crippen LogP contribution in [0.25, 0.3) is 5.76 Å². The number of benzene rings is 2. The van der Waals surface area contributed by atoms with E-state index < -0.39 is 23.7 Å². The van der Waals surface area contributed by atoms with Gasteiger partial charge >= 0.3 is 11.9 Å². The number of anilines is 1. The number of ketones is 1. The molecule has 3 aromatic rings. The summed E-state index contributed by atoms with van der Waals surface area (Å²) in [5, 5.41) is 11.8. The number of Topliss-reactive ketones (excluding diaryl/α,β-unsaturated/α-hetero) is 1. The van der Waals surface area contributed by atoms with Crippen LogP contribution in [0.15, 0.2) is 54.1 Å². The molecule has 186 valence electrons. The highest BCUT2D eigenvalue weighted by atomic mass is 35.5. The maximum atomic E-state index is 13.3. The van der Waals surface area contributed by atoms with E-state index in [1.54, 1.807) is 62.4 Å². The summed E-state index contributed by atoms with van der Waals surface area (Å²) >= 11 is 7.18. The molecule has 10 heteroatoms. The Morgan fingerprint density at radius 3 is 2.58 bits per heavy atom. The Morgan fingerprint density at radius 2 is 1.89 bits per heavy atom. The van der Waals surface area contributed by atoms with Gasteiger partial charge in [0.15, 0.2) is 5.13 Å². The van der Waals surface area contributed by atoms with Crippen molar-refractivity contribution >= 4 is 51.5 Å². The van der Waals surface area contributed by atoms with Gasteiger partial charge in [-0.25, -0.2) is 9.78 Å². The van der Waals surface area contributed by atoms with E-state index in [0.29, 0.717) is 34.2 Å². The first kappa shape index (κ1) is 25.4. The van der Waals surface area contributed by atoms with Gasteiger partial charge in [-0.05, 0) is 50.6 Å². The van der Waals surface area contributed by atoms with Crippen LogP contribution in [0.1, 0.15) is 46.4 Å². The summed E-state index contributed by atoms with van der Waals surface area (Å²) in [6.07, 6.45) is 0. The van der Waals surface area contributed by atoms with E-state index in [1.165, 1.54) is 4.90 Å². The van der Waals surface area contributed by atoms with Crippen molar-refractivity contribution in [3.63, 3.8) is 0 Å². The molecule has 0 bridgehead atoms. The number of hydrogen-bond donors (Lipinski definition) is 1. The van der Waals surface area contributed by atoms with Gasteiger partial charge in [-0.15, -0.1) is 0 Å². The van der Waals surface area contributed by atoms with Crippen LogP contribution in [-0.2, 0) is 14.3 Å². The van der Waals surface area contributed by atoms with Crippen molar-refractivity contribution < 1.29 is 29.0 Å². The molecule has 1 aliphatic rings. The molecule has 2 aromatic carbocycles. The largest absolute Gasteiger partial charge is 0.507 e. The lowest BCUT2D eigenvalue weighted by molar-refractivity contribution is -0.132. The number of carbonyl (C=O) groups is 3. The van der Waals surface area contributed by atoms with Crippen molar-refractivity contribution in [2.75, 3.05) is 18.1 Å². The molecule has 1 fully saturated rings. The average molecular weight is 527 g/mol. The van der Waals surface area contributed by atoms with Gasteiger partial charge in [-0.2, -0.15) is 0 Å². The zero-order valence-electron chi connectivity index (χ0n) is 19.8.